The van der Waals surface area contributed by atoms with Crippen LogP contribution in [0.15, 0.2) is 0 Å². The van der Waals surface area contributed by atoms with E-state index in [0.717, 1.165) is 0 Å². The van der Waals surface area contributed by atoms with Gasteiger partial charge in [0.15, 0.2) is 85.9 Å². The van der Waals surface area contributed by atoms with Crippen LogP contribution in [0.1, 0.15) is 6.92 Å². The minimum absolute atomic E-state index is 0.250. The number of halogens is 60. The van der Waals surface area contributed by atoms with E-state index in [1.165, 1.54) is 0 Å². The molecular weight excluding hydrogens is 2410 g/mol. The molecule has 0 rings (SSSR count). The van der Waals surface area contributed by atoms with Crippen molar-refractivity contribution in [2.75, 3.05) is 6.61 Å². The highest BCUT2D eigenvalue weighted by Gasteiger charge is 1.85. The summed E-state index contributed by atoms with van der Waals surface area (Å²) in [4.78, 5) is 0. The molecule has 0 unspecified atom stereocenters. The van der Waals surface area contributed by atoms with E-state index < -0.39 is 85.9 Å². The first kappa shape index (κ1) is 157. The summed E-state index contributed by atoms with van der Waals surface area (Å²) in [5, 5.41) is 7.57. The standard InChI is InChI=1S/C2H6O.20CHCl3/c1-2-3;20*2-1(3)4/h3H,2H2,1H3;20*1H. The molecule has 0 aromatic rings. The molecule has 0 heterocycles. The van der Waals surface area contributed by atoms with Gasteiger partial charge in [0.05, 0.1) is 0 Å². The summed E-state index contributed by atoms with van der Waals surface area (Å²) in [6.45, 7) is 1.93. The van der Waals surface area contributed by atoms with E-state index in [0.29, 0.717) is 0 Å². The van der Waals surface area contributed by atoms with Crippen LogP contribution in [-0.4, -0.2) is 97.6 Å². The van der Waals surface area contributed by atoms with Gasteiger partial charge in [-0.05, 0) is 6.92 Å². The lowest BCUT2D eigenvalue weighted by molar-refractivity contribution is 0.318. The molecule has 540 valence electrons. The fourth-order valence-electron chi connectivity index (χ4n) is 0. The Labute approximate surface area is 786 Å². The Kier molecular flexibility index (Phi) is 297. The molecule has 0 aliphatic heterocycles. The fourth-order valence-corrected chi connectivity index (χ4v) is 0. The van der Waals surface area contributed by atoms with Crippen LogP contribution < -0.4 is 0 Å². The predicted molar refractivity (Wildman–Crippen MR) is 440 cm³/mol. The van der Waals surface area contributed by atoms with Crippen molar-refractivity contribution in [3.05, 3.63) is 0 Å². The summed E-state index contributed by atoms with van der Waals surface area (Å²) in [5.74, 6) is 0. The molecule has 1 N–H and O–H groups in total. The van der Waals surface area contributed by atoms with E-state index in [4.69, 9.17) is 701 Å². The molecule has 0 amide bonds. The van der Waals surface area contributed by atoms with Gasteiger partial charge in [0.2, 0.25) is 0 Å². The first-order valence-electron chi connectivity index (χ1n) is 14.1. The lowest BCUT2D eigenvalue weighted by atomic mass is 10.9. The zero-order valence-electron chi connectivity index (χ0n) is 36.4. The van der Waals surface area contributed by atoms with Gasteiger partial charge >= 0.3 is 0 Å². The molecule has 0 atom stereocenters. The Morgan fingerprint density at radius 1 is 0.120 bits per heavy atom. The zero-order valence-corrected chi connectivity index (χ0v) is 81.7. The van der Waals surface area contributed by atoms with Crippen molar-refractivity contribution in [2.45, 2.75) is 92.8 Å². The van der Waals surface area contributed by atoms with Crippen molar-refractivity contribution in [3.63, 3.8) is 0 Å². The molecule has 83 heavy (non-hydrogen) atoms. The van der Waals surface area contributed by atoms with Crippen LogP contribution >= 0.6 is 696 Å². The Morgan fingerprint density at radius 2 is 0.120 bits per heavy atom. The first-order valence-corrected chi connectivity index (χ1v) is 40.3. The van der Waals surface area contributed by atoms with Crippen LogP contribution in [0.2, 0.25) is 0 Å². The summed E-state index contributed by atoms with van der Waals surface area (Å²) in [7, 11) is 0. The molecule has 61 heteroatoms. The van der Waals surface area contributed by atoms with E-state index in [9.17, 15) is 0 Å². The van der Waals surface area contributed by atoms with Crippen molar-refractivity contribution in [3.8, 4) is 0 Å². The van der Waals surface area contributed by atoms with Crippen molar-refractivity contribution < 1.29 is 5.11 Å². The van der Waals surface area contributed by atoms with Crippen LogP contribution in [0.25, 0.3) is 0 Å². The van der Waals surface area contributed by atoms with Gasteiger partial charge in [-0.1, -0.05) is 696 Å². The molecular formula is C22H26Cl60O. The lowest BCUT2D eigenvalue weighted by Gasteiger charge is -1.69. The lowest BCUT2D eigenvalue weighted by Crippen LogP contribution is -1.57. The molecule has 0 bridgehead atoms. The van der Waals surface area contributed by atoms with Gasteiger partial charge in [-0.25, -0.2) is 0 Å². The van der Waals surface area contributed by atoms with Crippen LogP contribution in [0.5, 0.6) is 0 Å². The monoisotopic (exact) mass is 2400 g/mol. The molecule has 0 fully saturated rings. The van der Waals surface area contributed by atoms with Gasteiger partial charge in [-0.3, -0.25) is 0 Å². The normalized spacial score (nSPS) is 8.89. The van der Waals surface area contributed by atoms with E-state index >= 15 is 0 Å². The van der Waals surface area contributed by atoms with Gasteiger partial charge in [0.25, 0.3) is 0 Å². The van der Waals surface area contributed by atoms with E-state index in [-0.39, 0.29) is 6.61 Å². The van der Waals surface area contributed by atoms with Gasteiger partial charge in [-0.2, -0.15) is 0 Å². The topological polar surface area (TPSA) is 20.2 Å². The summed E-state index contributed by atoms with van der Waals surface area (Å²) < 4.78 is -15.0. The fraction of sp³-hybridized carbons (Fsp3) is 1.00. The van der Waals surface area contributed by atoms with Gasteiger partial charge in [0.1, 0.15) is 0 Å². The summed E-state index contributed by atoms with van der Waals surface area (Å²) in [5.41, 5.74) is 0. The van der Waals surface area contributed by atoms with Crippen LogP contribution in [0.4, 0.5) is 0 Å². The molecule has 0 saturated carbocycles. The molecule has 0 aliphatic carbocycles. The first-order chi connectivity index (χ1) is 36.1. The van der Waals surface area contributed by atoms with Gasteiger partial charge < -0.3 is 5.11 Å². The van der Waals surface area contributed by atoms with Crippen LogP contribution in [0.3, 0.4) is 0 Å². The quantitative estimate of drug-likeness (QED) is 0.240. The minimum Gasteiger partial charge on any atom is -0.397 e. The van der Waals surface area contributed by atoms with Crippen molar-refractivity contribution in [2.24, 2.45) is 0 Å². The molecule has 0 aromatic heterocycles. The molecule has 1 nitrogen and oxygen atoms in total. The number of hydrogen-bond donors (Lipinski definition) is 1. The maximum absolute atomic E-state index is 7.57. The highest BCUT2D eigenvalue weighted by Crippen LogP contribution is 2.11. The Bertz CT molecular complexity index is 446. The zero-order chi connectivity index (χ0) is 74.3. The summed E-state index contributed by atoms with van der Waals surface area (Å²) in [6.07, 6.45) is 0. The number of alkyl halides is 60. The molecule has 0 spiro atoms. The third-order valence-electron chi connectivity index (χ3n) is 0. The largest absolute Gasteiger partial charge is 0.397 e. The Morgan fingerprint density at radius 3 is 0.120 bits per heavy atom. The van der Waals surface area contributed by atoms with E-state index in [2.05, 4.69) is 0 Å². The highest BCUT2D eigenvalue weighted by molar-refractivity contribution is 6.70. The molecule has 0 radical (unpaired) electrons. The molecule has 0 aromatic carbocycles. The Balaban J connectivity index is -0.0000000256. The van der Waals surface area contributed by atoms with E-state index in [1.54, 1.807) is 6.92 Å². The highest BCUT2D eigenvalue weighted by atomic mass is 35.6. The molecule has 0 aliphatic rings. The number of hydrogen-bond acceptors (Lipinski definition) is 1. The third kappa shape index (κ3) is 3130. The van der Waals surface area contributed by atoms with Gasteiger partial charge in [0, 0.05) is 6.61 Å². The van der Waals surface area contributed by atoms with E-state index in [1.807, 2.05) is 0 Å². The Hall–Kier alpha value is 17.4. The summed E-state index contributed by atoms with van der Waals surface area (Å²) in [6, 6.07) is 0. The van der Waals surface area contributed by atoms with Gasteiger partial charge in [-0.15, -0.1) is 0 Å². The number of aliphatic hydroxyl groups is 1. The van der Waals surface area contributed by atoms with Crippen LogP contribution in [0, 0.1) is 0 Å². The maximum atomic E-state index is 7.57. The van der Waals surface area contributed by atoms with Crippen LogP contribution in [-0.2, 0) is 0 Å². The average Bonchev–Trinajstić information content (AvgIpc) is 3.03. The van der Waals surface area contributed by atoms with Crippen molar-refractivity contribution in [1.29, 1.82) is 0 Å². The number of rotatable bonds is 0. The molecule has 0 saturated heterocycles. The summed E-state index contributed by atoms with van der Waals surface area (Å²) >= 11 is 288. The third-order valence-corrected chi connectivity index (χ3v) is 0. The maximum Gasteiger partial charge on any atom is 0.180 e. The number of aliphatic hydroxyl groups excluding tert-OH is 1. The second-order valence-corrected chi connectivity index (χ2v) is 44.9. The van der Waals surface area contributed by atoms with Crippen molar-refractivity contribution >= 4 is 696 Å². The average molecular weight is 2430 g/mol. The van der Waals surface area contributed by atoms with Crippen molar-refractivity contribution in [1.82, 2.24) is 0 Å². The second-order valence-electron chi connectivity index (χ2n) is 5.26. The second kappa shape index (κ2) is 157. The minimum atomic E-state index is -0.750. The smallest absolute Gasteiger partial charge is 0.180 e. The SMILES string of the molecule is CCO.ClC(Cl)Cl.ClC(Cl)Cl.ClC(Cl)Cl.ClC(Cl)Cl.ClC(Cl)Cl.ClC(Cl)Cl.ClC(Cl)Cl.ClC(Cl)Cl.ClC(Cl)Cl.ClC(Cl)Cl.ClC(Cl)Cl.ClC(Cl)Cl.ClC(Cl)Cl.ClC(Cl)Cl.ClC(Cl)Cl.ClC(Cl)Cl.ClC(Cl)Cl.ClC(Cl)Cl.ClC(Cl)Cl.ClC(Cl)Cl. The predicted octanol–water partition coefficient (Wildman–Crippen LogP) is 39.7.